The Bertz CT molecular complexity index is 795. The largest absolute Gasteiger partial charge is 0.494 e. The molecule has 0 radical (unpaired) electrons. The molecule has 2 aromatic carbocycles. The van der Waals surface area contributed by atoms with Gasteiger partial charge in [-0.2, -0.15) is 5.10 Å². The number of rotatable bonds is 10. The van der Waals surface area contributed by atoms with Crippen molar-refractivity contribution in [3.63, 3.8) is 0 Å². The molecular formula is C23H28N2O2. The molecule has 0 aliphatic carbocycles. The molecule has 4 heteroatoms. The summed E-state index contributed by atoms with van der Waals surface area (Å²) < 4.78 is 11.5. The lowest BCUT2D eigenvalue weighted by atomic mass is 10.0. The second kappa shape index (κ2) is 9.93. The van der Waals surface area contributed by atoms with Crippen molar-refractivity contribution >= 4 is 0 Å². The zero-order chi connectivity index (χ0) is 18.9. The lowest BCUT2D eigenvalue weighted by Gasteiger charge is -2.09. The number of hydrogen-bond acceptors (Lipinski definition) is 3. The smallest absolute Gasteiger partial charge is 0.119 e. The molecule has 0 atom stereocenters. The number of benzene rings is 2. The van der Waals surface area contributed by atoms with Gasteiger partial charge in [-0.15, -0.1) is 0 Å². The topological polar surface area (TPSA) is 47.1 Å². The Balaban J connectivity index is 1.37. The standard InChI is InChI=1S/C23H28N2O2/c1-18(2)23-21(16-24-25-23)15-19-9-11-22(12-10-19)27-14-6-13-26-17-20-7-4-3-5-8-20/h3-5,7-12,16,18H,6,13-15,17H2,1-2H3,(H,24,25). The average molecular weight is 364 g/mol. The second-order valence-corrected chi connectivity index (χ2v) is 7.02. The summed E-state index contributed by atoms with van der Waals surface area (Å²) in [5.41, 5.74) is 4.93. The molecule has 0 bridgehead atoms. The number of ether oxygens (including phenoxy) is 2. The maximum absolute atomic E-state index is 5.81. The van der Waals surface area contributed by atoms with Crippen LogP contribution in [0.5, 0.6) is 5.75 Å². The SMILES string of the molecule is CC(C)c1[nH]ncc1Cc1ccc(OCCCOCc2ccccc2)cc1. The summed E-state index contributed by atoms with van der Waals surface area (Å²) in [5.74, 6) is 1.35. The third-order valence-electron chi connectivity index (χ3n) is 4.46. The molecular weight excluding hydrogens is 336 g/mol. The fourth-order valence-corrected chi connectivity index (χ4v) is 3.00. The van der Waals surface area contributed by atoms with E-state index in [4.69, 9.17) is 9.47 Å². The Morgan fingerprint density at radius 1 is 0.926 bits per heavy atom. The van der Waals surface area contributed by atoms with Crippen molar-refractivity contribution in [2.75, 3.05) is 13.2 Å². The van der Waals surface area contributed by atoms with Crippen LogP contribution in [0.1, 0.15) is 48.6 Å². The highest BCUT2D eigenvalue weighted by molar-refractivity contribution is 5.32. The van der Waals surface area contributed by atoms with Crippen LogP contribution in [0.2, 0.25) is 0 Å². The first-order valence-corrected chi connectivity index (χ1v) is 9.58. The van der Waals surface area contributed by atoms with Gasteiger partial charge in [0.15, 0.2) is 0 Å². The third-order valence-corrected chi connectivity index (χ3v) is 4.46. The maximum atomic E-state index is 5.81. The van der Waals surface area contributed by atoms with Gasteiger partial charge in [0, 0.05) is 18.5 Å². The molecule has 4 nitrogen and oxygen atoms in total. The predicted octanol–water partition coefficient (Wildman–Crippen LogP) is 5.11. The van der Waals surface area contributed by atoms with Crippen molar-refractivity contribution in [2.45, 2.75) is 39.2 Å². The molecule has 0 saturated heterocycles. The number of aromatic amines is 1. The van der Waals surface area contributed by atoms with Crippen LogP contribution in [-0.4, -0.2) is 23.4 Å². The first-order chi connectivity index (χ1) is 13.2. The van der Waals surface area contributed by atoms with Gasteiger partial charge < -0.3 is 9.47 Å². The molecule has 27 heavy (non-hydrogen) atoms. The number of hydrogen-bond donors (Lipinski definition) is 1. The second-order valence-electron chi connectivity index (χ2n) is 7.02. The monoisotopic (exact) mass is 364 g/mol. The minimum atomic E-state index is 0.453. The van der Waals surface area contributed by atoms with Crippen LogP contribution in [0.15, 0.2) is 60.8 Å². The van der Waals surface area contributed by atoms with Crippen molar-refractivity contribution < 1.29 is 9.47 Å². The van der Waals surface area contributed by atoms with Gasteiger partial charge in [0.1, 0.15) is 5.75 Å². The molecule has 0 amide bonds. The van der Waals surface area contributed by atoms with Gasteiger partial charge in [0.2, 0.25) is 0 Å². The van der Waals surface area contributed by atoms with Crippen LogP contribution >= 0.6 is 0 Å². The minimum Gasteiger partial charge on any atom is -0.494 e. The molecule has 3 rings (SSSR count). The summed E-state index contributed by atoms with van der Waals surface area (Å²) >= 11 is 0. The van der Waals surface area contributed by atoms with Gasteiger partial charge in [0.05, 0.1) is 26.0 Å². The summed E-state index contributed by atoms with van der Waals surface area (Å²) in [6, 6.07) is 18.5. The Morgan fingerprint density at radius 3 is 2.44 bits per heavy atom. The Morgan fingerprint density at radius 2 is 1.70 bits per heavy atom. The first-order valence-electron chi connectivity index (χ1n) is 9.58. The van der Waals surface area contributed by atoms with E-state index >= 15 is 0 Å². The number of nitrogens with zero attached hydrogens (tertiary/aromatic N) is 1. The van der Waals surface area contributed by atoms with Crippen molar-refractivity contribution in [3.8, 4) is 5.75 Å². The molecule has 1 aromatic heterocycles. The number of aromatic nitrogens is 2. The third kappa shape index (κ3) is 5.97. The lowest BCUT2D eigenvalue weighted by molar-refractivity contribution is 0.107. The van der Waals surface area contributed by atoms with Crippen molar-refractivity contribution in [3.05, 3.63) is 83.2 Å². The Hall–Kier alpha value is -2.59. The summed E-state index contributed by atoms with van der Waals surface area (Å²) in [4.78, 5) is 0. The molecule has 0 spiro atoms. The molecule has 142 valence electrons. The van der Waals surface area contributed by atoms with Crippen LogP contribution in [0, 0.1) is 0 Å². The fraction of sp³-hybridized carbons (Fsp3) is 0.348. The van der Waals surface area contributed by atoms with E-state index in [1.807, 2.05) is 36.5 Å². The maximum Gasteiger partial charge on any atom is 0.119 e. The van der Waals surface area contributed by atoms with E-state index in [2.05, 4.69) is 48.3 Å². The minimum absolute atomic E-state index is 0.453. The van der Waals surface area contributed by atoms with Gasteiger partial charge >= 0.3 is 0 Å². The van der Waals surface area contributed by atoms with E-state index in [0.717, 1.165) is 18.6 Å². The normalized spacial score (nSPS) is 11.1. The number of nitrogens with one attached hydrogen (secondary N) is 1. The fourth-order valence-electron chi connectivity index (χ4n) is 3.00. The van der Waals surface area contributed by atoms with Crippen LogP contribution in [0.4, 0.5) is 0 Å². The molecule has 0 unspecified atom stereocenters. The van der Waals surface area contributed by atoms with E-state index < -0.39 is 0 Å². The first kappa shape index (κ1) is 19.2. The van der Waals surface area contributed by atoms with Gasteiger partial charge in [0.25, 0.3) is 0 Å². The summed E-state index contributed by atoms with van der Waals surface area (Å²) in [7, 11) is 0. The van der Waals surface area contributed by atoms with E-state index in [0.29, 0.717) is 25.7 Å². The van der Waals surface area contributed by atoms with Crippen molar-refractivity contribution in [2.24, 2.45) is 0 Å². The van der Waals surface area contributed by atoms with Gasteiger partial charge in [-0.25, -0.2) is 0 Å². The van der Waals surface area contributed by atoms with Gasteiger partial charge in [-0.1, -0.05) is 56.3 Å². The van der Waals surface area contributed by atoms with Crippen molar-refractivity contribution in [1.29, 1.82) is 0 Å². The molecule has 3 aromatic rings. The molecule has 1 N–H and O–H groups in total. The van der Waals surface area contributed by atoms with E-state index in [1.54, 1.807) is 0 Å². The van der Waals surface area contributed by atoms with Gasteiger partial charge in [-0.05, 0) is 34.7 Å². The van der Waals surface area contributed by atoms with Crippen LogP contribution in [0.3, 0.4) is 0 Å². The van der Waals surface area contributed by atoms with E-state index in [-0.39, 0.29) is 0 Å². The highest BCUT2D eigenvalue weighted by atomic mass is 16.5. The molecule has 0 aliphatic heterocycles. The quantitative estimate of drug-likeness (QED) is 0.509. The molecule has 0 aliphatic rings. The number of H-pyrrole nitrogens is 1. The predicted molar refractivity (Wildman–Crippen MR) is 108 cm³/mol. The van der Waals surface area contributed by atoms with E-state index in [9.17, 15) is 0 Å². The highest BCUT2D eigenvalue weighted by Gasteiger charge is 2.09. The zero-order valence-electron chi connectivity index (χ0n) is 16.2. The molecule has 0 saturated carbocycles. The molecule has 1 heterocycles. The Labute approximate surface area is 161 Å². The molecule has 0 fully saturated rings. The highest BCUT2D eigenvalue weighted by Crippen LogP contribution is 2.21. The lowest BCUT2D eigenvalue weighted by Crippen LogP contribution is -2.03. The van der Waals surface area contributed by atoms with Crippen LogP contribution < -0.4 is 4.74 Å². The van der Waals surface area contributed by atoms with Crippen LogP contribution in [-0.2, 0) is 17.8 Å². The summed E-state index contributed by atoms with van der Waals surface area (Å²) in [6.07, 6.45) is 3.69. The van der Waals surface area contributed by atoms with Gasteiger partial charge in [-0.3, -0.25) is 5.10 Å². The Kier molecular flexibility index (Phi) is 7.05. The average Bonchev–Trinajstić information content (AvgIpc) is 3.15. The summed E-state index contributed by atoms with van der Waals surface area (Å²) in [6.45, 7) is 6.37. The van der Waals surface area contributed by atoms with Crippen molar-refractivity contribution in [1.82, 2.24) is 10.2 Å². The van der Waals surface area contributed by atoms with Crippen LogP contribution in [0.25, 0.3) is 0 Å². The summed E-state index contributed by atoms with van der Waals surface area (Å²) in [5, 5.41) is 7.29. The zero-order valence-corrected chi connectivity index (χ0v) is 16.2. The van der Waals surface area contributed by atoms with E-state index in [1.165, 1.54) is 22.4 Å².